The third-order valence-corrected chi connectivity index (χ3v) is 8.76. The summed E-state index contributed by atoms with van der Waals surface area (Å²) >= 11 is 0.983. The number of nitrogens with one attached hydrogen (secondary N) is 3. The summed E-state index contributed by atoms with van der Waals surface area (Å²) in [7, 11) is 0. The predicted molar refractivity (Wildman–Crippen MR) is 186 cm³/mol. The van der Waals surface area contributed by atoms with Gasteiger partial charge in [0.25, 0.3) is 0 Å². The lowest BCUT2D eigenvalue weighted by molar-refractivity contribution is -0.133. The zero-order valence-electron chi connectivity index (χ0n) is 27.6. The highest BCUT2D eigenvalue weighted by Crippen LogP contribution is 2.42. The molecule has 3 atom stereocenters. The maximum Gasteiger partial charge on any atom is 0.336 e. The zero-order valence-corrected chi connectivity index (χ0v) is 28.4. The highest BCUT2D eigenvalue weighted by Gasteiger charge is 2.27. The Hall–Kier alpha value is -5.70. The van der Waals surface area contributed by atoms with Crippen LogP contribution in [0.4, 0.5) is 0 Å². The molecular weight excluding hydrogens is 668 g/mol. The Balaban J connectivity index is 1.47. The van der Waals surface area contributed by atoms with Gasteiger partial charge in [-0.3, -0.25) is 28.8 Å². The molecule has 262 valence electrons. The number of hydrogen-bond acceptors (Lipinski definition) is 10. The van der Waals surface area contributed by atoms with Gasteiger partial charge in [0, 0.05) is 45.9 Å². The van der Waals surface area contributed by atoms with Crippen molar-refractivity contribution in [2.24, 2.45) is 11.7 Å². The van der Waals surface area contributed by atoms with E-state index in [4.69, 9.17) is 10.2 Å². The quantitative estimate of drug-likeness (QED) is 0.0824. The largest absolute Gasteiger partial charge is 0.508 e. The fourth-order valence-electron chi connectivity index (χ4n) is 4.96. The maximum atomic E-state index is 13.2. The van der Waals surface area contributed by atoms with E-state index < -0.39 is 47.6 Å². The molecular formula is C35H36N4O10S. The van der Waals surface area contributed by atoms with Crippen molar-refractivity contribution in [1.29, 1.82) is 0 Å². The van der Waals surface area contributed by atoms with Crippen LogP contribution < -0.4 is 27.1 Å². The van der Waals surface area contributed by atoms with E-state index in [0.717, 1.165) is 11.8 Å². The Bertz CT molecular complexity index is 2020. The third kappa shape index (κ3) is 8.66. The lowest BCUT2D eigenvalue weighted by Crippen LogP contribution is -2.55. The van der Waals surface area contributed by atoms with Crippen LogP contribution in [0.3, 0.4) is 0 Å². The zero-order chi connectivity index (χ0) is 36.9. The normalized spacial score (nSPS) is 13.0. The molecule has 0 radical (unpaired) electrons. The number of hydrogen-bond donors (Lipinski definition) is 6. The molecule has 1 aliphatic heterocycles. The minimum absolute atomic E-state index is 0.0713. The second-order valence-corrected chi connectivity index (χ2v) is 12.9. The summed E-state index contributed by atoms with van der Waals surface area (Å²) < 4.78 is 5.84. The van der Waals surface area contributed by atoms with Crippen LogP contribution in [0.5, 0.6) is 5.75 Å². The molecule has 4 amide bonds. The van der Waals surface area contributed by atoms with Crippen LogP contribution in [-0.4, -0.2) is 75.2 Å². The van der Waals surface area contributed by atoms with Gasteiger partial charge in [-0.05, 0) is 49.7 Å². The van der Waals surface area contributed by atoms with E-state index in [-0.39, 0.29) is 62.5 Å². The van der Waals surface area contributed by atoms with Gasteiger partial charge in [-0.15, -0.1) is 0 Å². The van der Waals surface area contributed by atoms with E-state index in [1.54, 1.807) is 19.9 Å². The average Bonchev–Trinajstić information content (AvgIpc) is 3.05. The van der Waals surface area contributed by atoms with Crippen LogP contribution in [0.15, 0.2) is 63.8 Å². The van der Waals surface area contributed by atoms with Gasteiger partial charge in [0.2, 0.25) is 23.6 Å². The SMILES string of the molecule is CC(C)C(=O)N[C@@H](C)C(=O)N[C@@H](C)C(=O)N[C@@H](CSCC(=O)c1ccc(-c2c3ccc(=O)cc-3oc3cc(O)ccc23)c(C(=O)O)c1)C(N)=O. The highest BCUT2D eigenvalue weighted by atomic mass is 32.2. The van der Waals surface area contributed by atoms with E-state index in [0.29, 0.717) is 16.5 Å². The fourth-order valence-corrected chi connectivity index (χ4v) is 5.91. The van der Waals surface area contributed by atoms with Gasteiger partial charge in [-0.2, -0.15) is 11.8 Å². The monoisotopic (exact) mass is 704 g/mol. The van der Waals surface area contributed by atoms with Gasteiger partial charge in [0.1, 0.15) is 35.2 Å². The van der Waals surface area contributed by atoms with Gasteiger partial charge in [-0.1, -0.05) is 26.0 Å². The van der Waals surface area contributed by atoms with Crippen molar-refractivity contribution >= 4 is 58.1 Å². The van der Waals surface area contributed by atoms with Crippen LogP contribution in [0.2, 0.25) is 0 Å². The number of phenols is 1. The summed E-state index contributed by atoms with van der Waals surface area (Å²) in [6.07, 6.45) is 0. The molecule has 14 nitrogen and oxygen atoms in total. The summed E-state index contributed by atoms with van der Waals surface area (Å²) in [5, 5.41) is 28.1. The van der Waals surface area contributed by atoms with Crippen molar-refractivity contribution in [3.63, 3.8) is 0 Å². The molecule has 0 unspecified atom stereocenters. The van der Waals surface area contributed by atoms with Gasteiger partial charge in [-0.25, -0.2) is 4.79 Å². The van der Waals surface area contributed by atoms with Gasteiger partial charge in [0.15, 0.2) is 11.2 Å². The molecule has 50 heavy (non-hydrogen) atoms. The predicted octanol–water partition coefficient (Wildman–Crippen LogP) is 2.52. The topological polar surface area (TPSA) is 235 Å². The highest BCUT2D eigenvalue weighted by molar-refractivity contribution is 8.00. The molecule has 2 aromatic rings. The number of primary amides is 1. The summed E-state index contributed by atoms with van der Waals surface area (Å²) in [4.78, 5) is 86.9. The van der Waals surface area contributed by atoms with E-state index in [2.05, 4.69) is 16.0 Å². The molecule has 0 fully saturated rings. The number of amides is 4. The molecule has 15 heteroatoms. The van der Waals surface area contributed by atoms with Crippen molar-refractivity contribution in [3.05, 3.63) is 75.9 Å². The molecule has 4 rings (SSSR count). The first-order valence-electron chi connectivity index (χ1n) is 15.5. The van der Waals surface area contributed by atoms with Crippen LogP contribution >= 0.6 is 11.8 Å². The van der Waals surface area contributed by atoms with Crippen LogP contribution in [0, 0.1) is 5.92 Å². The van der Waals surface area contributed by atoms with E-state index >= 15 is 0 Å². The smallest absolute Gasteiger partial charge is 0.336 e. The van der Waals surface area contributed by atoms with Gasteiger partial charge in [0.05, 0.1) is 11.3 Å². The molecule has 0 aromatic heterocycles. The number of ketones is 1. The third-order valence-electron chi connectivity index (χ3n) is 7.72. The van der Waals surface area contributed by atoms with Crippen LogP contribution in [-0.2, 0) is 19.2 Å². The number of phenolic OH excluding ortho intramolecular Hbond substituents is 1. The Morgan fingerprint density at radius 3 is 2.10 bits per heavy atom. The fraction of sp³-hybridized carbons (Fsp3) is 0.286. The summed E-state index contributed by atoms with van der Waals surface area (Å²) in [5.74, 6) is -4.88. The number of carbonyl (C=O) groups is 6. The summed E-state index contributed by atoms with van der Waals surface area (Å²) in [6.45, 7) is 6.19. The van der Waals surface area contributed by atoms with Crippen LogP contribution in [0.25, 0.3) is 33.4 Å². The Kier molecular flexibility index (Phi) is 11.6. The molecule has 0 saturated carbocycles. The summed E-state index contributed by atoms with van der Waals surface area (Å²) in [6, 6.07) is 9.38. The molecule has 0 bridgehead atoms. The van der Waals surface area contributed by atoms with Crippen LogP contribution in [0.1, 0.15) is 48.4 Å². The minimum atomic E-state index is -1.32. The second kappa shape index (κ2) is 15.7. The Morgan fingerprint density at radius 2 is 1.46 bits per heavy atom. The first kappa shape index (κ1) is 37.1. The molecule has 2 aromatic carbocycles. The van der Waals surface area contributed by atoms with E-state index in [1.807, 2.05) is 0 Å². The number of aromatic hydroxyl groups is 1. The number of Topliss-reactive ketones (excluding diaryl/α,β-unsaturated/α-hetero) is 1. The lowest BCUT2D eigenvalue weighted by atomic mass is 9.89. The standard InChI is InChI=1S/C35H36N4O10S/c1-16(2)32(44)37-17(3)33(45)38-18(4)34(46)39-26(31(36)43)14-50-15-27(42)19-5-8-22(25(11-19)35(47)48)30-23-9-6-20(40)12-28(23)49-29-13-21(41)7-10-24(29)30/h5-13,16-18,26,40H,14-15H2,1-4H3,(H2,36,43)(H,37,44)(H,38,45)(H,39,46)(H,47,48)/t17-,18-,26-/m0/s1. The molecule has 1 heterocycles. The number of benzene rings is 3. The molecule has 0 spiro atoms. The summed E-state index contributed by atoms with van der Waals surface area (Å²) in [5.41, 5.74) is 6.33. The van der Waals surface area contributed by atoms with Crippen molar-refractivity contribution in [2.45, 2.75) is 45.8 Å². The first-order valence-corrected chi connectivity index (χ1v) is 16.6. The van der Waals surface area contributed by atoms with Crippen molar-refractivity contribution in [2.75, 3.05) is 11.5 Å². The minimum Gasteiger partial charge on any atom is -0.508 e. The molecule has 1 aliphatic carbocycles. The number of rotatable bonds is 14. The number of fused-ring (bicyclic) bond motifs is 2. The molecule has 2 aliphatic rings. The molecule has 7 N–H and O–H groups in total. The Morgan fingerprint density at radius 1 is 0.820 bits per heavy atom. The van der Waals surface area contributed by atoms with Crippen molar-refractivity contribution in [1.82, 2.24) is 16.0 Å². The van der Waals surface area contributed by atoms with E-state index in [9.17, 15) is 43.8 Å². The van der Waals surface area contributed by atoms with E-state index in [1.165, 1.54) is 62.4 Å². The number of aromatic carboxylic acids is 1. The van der Waals surface area contributed by atoms with Gasteiger partial charge >= 0.3 is 5.97 Å². The number of carboxylic acids is 1. The van der Waals surface area contributed by atoms with Gasteiger partial charge < -0.3 is 36.3 Å². The second-order valence-electron chi connectivity index (χ2n) is 11.9. The number of carbonyl (C=O) groups excluding carboxylic acids is 5. The number of carboxylic acid groups (broad SMARTS) is 1. The number of nitrogens with two attached hydrogens (primary N) is 1. The lowest BCUT2D eigenvalue weighted by Gasteiger charge is -2.21. The first-order chi connectivity index (χ1) is 23.6. The van der Waals surface area contributed by atoms with Crippen molar-refractivity contribution in [3.8, 4) is 28.2 Å². The Labute approximate surface area is 290 Å². The average molecular weight is 705 g/mol. The molecule has 0 saturated heterocycles. The van der Waals surface area contributed by atoms with Crippen molar-refractivity contribution < 1.29 is 43.4 Å². The number of thioether (sulfide) groups is 1. The maximum absolute atomic E-state index is 13.2.